The van der Waals surface area contributed by atoms with Crippen molar-refractivity contribution in [2.24, 2.45) is 50.7 Å². The van der Waals surface area contributed by atoms with E-state index < -0.39 is 23.2 Å². The fraction of sp³-hybridized carbons (Fsp3) is 0.938. The molecule has 6 rings (SSSR count). The number of rotatable bonds is 3. The fourth-order valence-corrected chi connectivity index (χ4v) is 12.6. The maximum absolute atomic E-state index is 13.5. The van der Waals surface area contributed by atoms with Crippen LogP contribution in [0.4, 0.5) is 0 Å². The summed E-state index contributed by atoms with van der Waals surface area (Å²) in [5.74, 6) is 1.00. The lowest BCUT2D eigenvalue weighted by Gasteiger charge is -2.72. The van der Waals surface area contributed by atoms with E-state index in [0.29, 0.717) is 18.3 Å². The maximum atomic E-state index is 13.5. The first-order valence-electron chi connectivity index (χ1n) is 15.3. The standard InChI is InChI=1S/C32H50O6/c1-19(34)37-23-11-12-27(4)21(26(23,2)3)10-13-29(6)22(27)9-8-20-24-31(15-14-28(20,29)5)16-17-32(24,38-25(31)35)30(7,36)18-33/h20-24,33,36H,8-18H2,1-7H3/t20-,21+,22-,23+,24-,27+,28-,29+,30+,31-,32-/m0/s1. The van der Waals surface area contributed by atoms with Crippen LogP contribution in [0.5, 0.6) is 0 Å². The third-order valence-electron chi connectivity index (χ3n) is 14.6. The van der Waals surface area contributed by atoms with Gasteiger partial charge in [0.15, 0.2) is 0 Å². The number of esters is 2. The van der Waals surface area contributed by atoms with Gasteiger partial charge in [-0.2, -0.15) is 0 Å². The van der Waals surface area contributed by atoms with E-state index in [0.717, 1.165) is 57.8 Å². The molecular weight excluding hydrogens is 480 g/mol. The van der Waals surface area contributed by atoms with Crippen molar-refractivity contribution in [1.29, 1.82) is 0 Å². The first-order valence-corrected chi connectivity index (χ1v) is 15.3. The average Bonchev–Trinajstić information content (AvgIpc) is 3.31. The second-order valence-corrected chi connectivity index (χ2v) is 16.0. The zero-order valence-electron chi connectivity index (χ0n) is 24.7. The molecule has 0 aromatic carbocycles. The van der Waals surface area contributed by atoms with Crippen molar-refractivity contribution in [3.05, 3.63) is 0 Å². The Hall–Kier alpha value is -1.14. The first kappa shape index (κ1) is 27.1. The van der Waals surface area contributed by atoms with Crippen molar-refractivity contribution in [1.82, 2.24) is 0 Å². The molecule has 1 heterocycles. The van der Waals surface area contributed by atoms with E-state index in [1.807, 2.05) is 0 Å². The molecule has 6 heteroatoms. The van der Waals surface area contributed by atoms with Gasteiger partial charge in [0.05, 0.1) is 12.0 Å². The molecule has 38 heavy (non-hydrogen) atoms. The molecular formula is C32H50O6. The molecule has 214 valence electrons. The number of hydrogen-bond donors (Lipinski definition) is 2. The monoisotopic (exact) mass is 530 g/mol. The number of fused-ring (bicyclic) bond motifs is 5. The highest BCUT2D eigenvalue weighted by Crippen LogP contribution is 2.80. The Balaban J connectivity index is 1.39. The predicted octanol–water partition coefficient (Wildman–Crippen LogP) is 5.42. The summed E-state index contributed by atoms with van der Waals surface area (Å²) in [6.45, 7) is 15.0. The molecule has 5 aliphatic carbocycles. The molecule has 0 unspecified atom stereocenters. The van der Waals surface area contributed by atoms with Gasteiger partial charge in [-0.05, 0) is 105 Å². The zero-order chi connectivity index (χ0) is 27.7. The van der Waals surface area contributed by atoms with E-state index in [1.54, 1.807) is 6.92 Å². The largest absolute Gasteiger partial charge is 0.462 e. The van der Waals surface area contributed by atoms with Gasteiger partial charge in [0, 0.05) is 18.3 Å². The lowest BCUT2D eigenvalue weighted by Crippen LogP contribution is -2.68. The van der Waals surface area contributed by atoms with Crippen molar-refractivity contribution in [3.63, 3.8) is 0 Å². The Kier molecular flexibility index (Phi) is 5.54. The number of ether oxygens (including phenoxy) is 2. The highest BCUT2D eigenvalue weighted by atomic mass is 16.6. The fourth-order valence-electron chi connectivity index (χ4n) is 12.6. The van der Waals surface area contributed by atoms with Crippen molar-refractivity contribution < 1.29 is 29.3 Å². The summed E-state index contributed by atoms with van der Waals surface area (Å²) < 4.78 is 12.1. The zero-order valence-corrected chi connectivity index (χ0v) is 24.7. The minimum absolute atomic E-state index is 0.0262. The summed E-state index contributed by atoms with van der Waals surface area (Å²) in [4.78, 5) is 25.4. The van der Waals surface area contributed by atoms with Gasteiger partial charge >= 0.3 is 11.9 Å². The van der Waals surface area contributed by atoms with Crippen LogP contribution in [0.3, 0.4) is 0 Å². The highest BCUT2D eigenvalue weighted by Gasteiger charge is 2.81. The molecule has 6 aliphatic rings. The predicted molar refractivity (Wildman–Crippen MR) is 143 cm³/mol. The molecule has 0 spiro atoms. The lowest BCUT2D eigenvalue weighted by molar-refractivity contribution is -0.257. The Labute approximate surface area is 228 Å². The number of hydrogen-bond acceptors (Lipinski definition) is 6. The molecule has 11 atom stereocenters. The van der Waals surface area contributed by atoms with Crippen LogP contribution >= 0.6 is 0 Å². The molecule has 1 aliphatic heterocycles. The Morgan fingerprint density at radius 2 is 1.63 bits per heavy atom. The molecule has 0 aromatic heterocycles. The maximum Gasteiger partial charge on any atom is 0.313 e. The summed E-state index contributed by atoms with van der Waals surface area (Å²) in [7, 11) is 0. The topological polar surface area (TPSA) is 93.1 Å². The highest BCUT2D eigenvalue weighted by molar-refractivity contribution is 5.82. The van der Waals surface area contributed by atoms with Crippen LogP contribution in [0.2, 0.25) is 0 Å². The van der Waals surface area contributed by atoms with Gasteiger partial charge in [0.2, 0.25) is 0 Å². The van der Waals surface area contributed by atoms with Crippen LogP contribution in [-0.2, 0) is 19.1 Å². The molecule has 6 fully saturated rings. The number of carbonyl (C=O) groups is 2. The molecule has 6 nitrogen and oxygen atoms in total. The SMILES string of the molecule is CC(=O)O[C@@H]1CC[C@]2(C)[C@H](CC[C@]3(C)[C@H]2CC[C@H]2[C@H]4[C@]5(CC[C@@]23C)CC[C@]4([C@](C)(O)CO)OC5=O)C1(C)C. The summed E-state index contributed by atoms with van der Waals surface area (Å²) in [5, 5.41) is 21.8. The second kappa shape index (κ2) is 7.78. The van der Waals surface area contributed by atoms with Gasteiger partial charge in [-0.3, -0.25) is 9.59 Å². The van der Waals surface area contributed by atoms with Crippen molar-refractivity contribution in [2.45, 2.75) is 130 Å². The summed E-state index contributed by atoms with van der Waals surface area (Å²) in [5.41, 5.74) is -2.68. The third kappa shape index (κ3) is 2.88. The molecule has 5 saturated carbocycles. The van der Waals surface area contributed by atoms with Gasteiger partial charge in [0.1, 0.15) is 17.3 Å². The third-order valence-corrected chi connectivity index (χ3v) is 14.6. The normalized spacial score (nSPS) is 54.0. The molecule has 0 aromatic rings. The smallest absolute Gasteiger partial charge is 0.313 e. The van der Waals surface area contributed by atoms with Crippen LogP contribution in [0.1, 0.15) is 113 Å². The van der Waals surface area contributed by atoms with E-state index in [9.17, 15) is 19.8 Å². The van der Waals surface area contributed by atoms with E-state index in [1.165, 1.54) is 6.92 Å². The minimum Gasteiger partial charge on any atom is -0.462 e. The number of carbonyl (C=O) groups excluding carboxylic acids is 2. The van der Waals surface area contributed by atoms with Crippen molar-refractivity contribution in [3.8, 4) is 0 Å². The van der Waals surface area contributed by atoms with E-state index in [4.69, 9.17) is 9.47 Å². The van der Waals surface area contributed by atoms with E-state index in [2.05, 4.69) is 34.6 Å². The van der Waals surface area contributed by atoms with Crippen LogP contribution in [0, 0.1) is 50.7 Å². The minimum atomic E-state index is -1.44. The van der Waals surface area contributed by atoms with Gasteiger partial charge in [-0.25, -0.2) is 0 Å². The van der Waals surface area contributed by atoms with Crippen LogP contribution in [0.15, 0.2) is 0 Å². The van der Waals surface area contributed by atoms with E-state index in [-0.39, 0.29) is 51.5 Å². The molecule has 0 radical (unpaired) electrons. The first-order chi connectivity index (χ1) is 17.6. The van der Waals surface area contributed by atoms with Crippen molar-refractivity contribution >= 4 is 11.9 Å². The quantitative estimate of drug-likeness (QED) is 0.473. The molecule has 0 amide bonds. The Morgan fingerprint density at radius 3 is 2.26 bits per heavy atom. The molecule has 2 bridgehead atoms. The number of aliphatic hydroxyl groups is 2. The molecule has 1 saturated heterocycles. The van der Waals surface area contributed by atoms with Crippen LogP contribution < -0.4 is 0 Å². The summed E-state index contributed by atoms with van der Waals surface area (Å²) in [6, 6.07) is 0. The van der Waals surface area contributed by atoms with Gasteiger partial charge in [0.25, 0.3) is 0 Å². The van der Waals surface area contributed by atoms with Crippen LogP contribution in [0.25, 0.3) is 0 Å². The molecule has 2 N–H and O–H groups in total. The lowest BCUT2D eigenvalue weighted by atomic mass is 9.32. The second-order valence-electron chi connectivity index (χ2n) is 16.0. The summed E-state index contributed by atoms with van der Waals surface area (Å²) in [6.07, 6.45) is 9.67. The van der Waals surface area contributed by atoms with Gasteiger partial charge in [-0.1, -0.05) is 34.6 Å². The summed E-state index contributed by atoms with van der Waals surface area (Å²) >= 11 is 0. The number of aliphatic hydroxyl groups excluding tert-OH is 1. The van der Waals surface area contributed by atoms with Crippen molar-refractivity contribution in [2.75, 3.05) is 6.61 Å². The average molecular weight is 531 g/mol. The van der Waals surface area contributed by atoms with Gasteiger partial charge in [-0.15, -0.1) is 0 Å². The Morgan fingerprint density at radius 1 is 0.947 bits per heavy atom. The van der Waals surface area contributed by atoms with Gasteiger partial charge < -0.3 is 19.7 Å². The van der Waals surface area contributed by atoms with E-state index >= 15 is 0 Å². The Bertz CT molecular complexity index is 1050. The van der Waals surface area contributed by atoms with Crippen LogP contribution in [-0.4, -0.2) is 46.1 Å².